The first-order valence-corrected chi connectivity index (χ1v) is 9.44. The molecular formula is C22H23N3O3. The first-order chi connectivity index (χ1) is 13.6. The molecule has 6 heteroatoms. The number of amides is 2. The third-order valence-corrected chi connectivity index (χ3v) is 5.15. The molecule has 2 heterocycles. The van der Waals surface area contributed by atoms with Gasteiger partial charge in [-0.05, 0) is 24.6 Å². The Bertz CT molecular complexity index is 900. The summed E-state index contributed by atoms with van der Waals surface area (Å²) in [6, 6.07) is 16.4. The van der Waals surface area contributed by atoms with Crippen LogP contribution in [0.1, 0.15) is 28.9 Å². The van der Waals surface area contributed by atoms with Crippen molar-refractivity contribution in [3.63, 3.8) is 0 Å². The van der Waals surface area contributed by atoms with Crippen molar-refractivity contribution in [2.24, 2.45) is 0 Å². The number of anilines is 1. The zero-order chi connectivity index (χ0) is 19.5. The summed E-state index contributed by atoms with van der Waals surface area (Å²) in [5.41, 5.74) is 3.74. The third kappa shape index (κ3) is 3.64. The van der Waals surface area contributed by atoms with E-state index < -0.39 is 6.04 Å². The summed E-state index contributed by atoms with van der Waals surface area (Å²) in [4.78, 5) is 27.5. The Morgan fingerprint density at radius 3 is 2.39 bits per heavy atom. The Hall–Kier alpha value is -3.12. The number of nitrogens with one attached hydrogen (secondary N) is 2. The van der Waals surface area contributed by atoms with Gasteiger partial charge < -0.3 is 20.3 Å². The summed E-state index contributed by atoms with van der Waals surface area (Å²) >= 11 is 0. The molecule has 1 atom stereocenters. The number of benzene rings is 2. The number of ketones is 1. The highest BCUT2D eigenvalue weighted by Crippen LogP contribution is 2.30. The van der Waals surface area contributed by atoms with Gasteiger partial charge >= 0.3 is 6.03 Å². The lowest BCUT2D eigenvalue weighted by atomic mass is 9.89. The highest BCUT2D eigenvalue weighted by molar-refractivity contribution is 6.11. The minimum atomic E-state index is -0.486. The fourth-order valence-electron chi connectivity index (χ4n) is 3.69. The van der Waals surface area contributed by atoms with Crippen molar-refractivity contribution in [3.8, 4) is 0 Å². The van der Waals surface area contributed by atoms with E-state index in [9.17, 15) is 9.59 Å². The van der Waals surface area contributed by atoms with E-state index in [1.54, 1.807) is 19.1 Å². The summed E-state index contributed by atoms with van der Waals surface area (Å²) in [6.07, 6.45) is 0. The van der Waals surface area contributed by atoms with Crippen molar-refractivity contribution < 1.29 is 14.3 Å². The molecule has 0 aromatic heterocycles. The van der Waals surface area contributed by atoms with Crippen LogP contribution in [0.15, 0.2) is 65.9 Å². The van der Waals surface area contributed by atoms with Gasteiger partial charge in [-0.2, -0.15) is 0 Å². The number of hydrogen-bond donors (Lipinski definition) is 2. The quantitative estimate of drug-likeness (QED) is 0.804. The van der Waals surface area contributed by atoms with Gasteiger partial charge in [0.15, 0.2) is 5.78 Å². The van der Waals surface area contributed by atoms with E-state index in [1.165, 1.54) is 0 Å². The van der Waals surface area contributed by atoms with Crippen LogP contribution < -0.4 is 15.5 Å². The summed E-state index contributed by atoms with van der Waals surface area (Å²) < 4.78 is 5.41. The van der Waals surface area contributed by atoms with E-state index in [0.29, 0.717) is 16.8 Å². The van der Waals surface area contributed by atoms with Crippen LogP contribution >= 0.6 is 0 Å². The molecule has 0 spiro atoms. The van der Waals surface area contributed by atoms with E-state index in [1.807, 2.05) is 42.5 Å². The Labute approximate surface area is 164 Å². The monoisotopic (exact) mass is 377 g/mol. The first-order valence-electron chi connectivity index (χ1n) is 9.44. The number of carbonyl (C=O) groups is 2. The van der Waals surface area contributed by atoms with E-state index in [4.69, 9.17) is 4.74 Å². The molecule has 0 aliphatic carbocycles. The van der Waals surface area contributed by atoms with E-state index >= 15 is 0 Å². The average molecular weight is 377 g/mol. The van der Waals surface area contributed by atoms with Crippen LogP contribution in [-0.4, -0.2) is 38.1 Å². The second-order valence-electron chi connectivity index (χ2n) is 6.96. The number of hydrogen-bond acceptors (Lipinski definition) is 4. The van der Waals surface area contributed by atoms with Crippen molar-refractivity contribution in [2.45, 2.75) is 13.0 Å². The van der Waals surface area contributed by atoms with E-state index in [0.717, 1.165) is 37.6 Å². The zero-order valence-electron chi connectivity index (χ0n) is 15.8. The molecule has 2 aliphatic rings. The van der Waals surface area contributed by atoms with Gasteiger partial charge in [0, 0.05) is 35.6 Å². The van der Waals surface area contributed by atoms with Gasteiger partial charge in [0.2, 0.25) is 0 Å². The average Bonchev–Trinajstić information content (AvgIpc) is 2.74. The Morgan fingerprint density at radius 1 is 1.04 bits per heavy atom. The second-order valence-corrected chi connectivity index (χ2v) is 6.96. The molecule has 2 aromatic rings. The maximum absolute atomic E-state index is 13.1. The molecule has 28 heavy (non-hydrogen) atoms. The molecule has 2 aliphatic heterocycles. The molecule has 1 fully saturated rings. The van der Waals surface area contributed by atoms with Gasteiger partial charge in [-0.3, -0.25) is 4.79 Å². The molecular weight excluding hydrogens is 354 g/mol. The van der Waals surface area contributed by atoms with Gasteiger partial charge in [-0.15, -0.1) is 0 Å². The van der Waals surface area contributed by atoms with Gasteiger partial charge in [0.05, 0.1) is 19.3 Å². The molecule has 2 N–H and O–H groups in total. The SMILES string of the molecule is CC1=C(C(=O)c2ccccc2)[C@H](c2ccc(N3CCOCC3)cc2)NC(=O)N1. The number of carbonyl (C=O) groups excluding carboxylic acids is 2. The lowest BCUT2D eigenvalue weighted by molar-refractivity contribution is 0.102. The molecule has 4 rings (SSSR count). The van der Waals surface area contributed by atoms with Gasteiger partial charge in [-0.1, -0.05) is 42.5 Å². The van der Waals surface area contributed by atoms with Gasteiger partial charge in [0.25, 0.3) is 0 Å². The predicted octanol–water partition coefficient (Wildman–Crippen LogP) is 3.03. The molecule has 0 saturated carbocycles. The Morgan fingerprint density at radius 2 is 1.71 bits per heavy atom. The molecule has 6 nitrogen and oxygen atoms in total. The number of ether oxygens (including phenoxy) is 1. The molecule has 144 valence electrons. The molecule has 0 radical (unpaired) electrons. The molecule has 1 saturated heterocycles. The van der Waals surface area contributed by atoms with Crippen molar-refractivity contribution in [3.05, 3.63) is 77.0 Å². The second kappa shape index (κ2) is 7.86. The number of allylic oxidation sites excluding steroid dienone is 1. The summed E-state index contributed by atoms with van der Waals surface area (Å²) in [7, 11) is 0. The lowest BCUT2D eigenvalue weighted by Gasteiger charge is -2.31. The third-order valence-electron chi connectivity index (χ3n) is 5.15. The van der Waals surface area contributed by atoms with Crippen LogP contribution in [-0.2, 0) is 4.74 Å². The van der Waals surface area contributed by atoms with Crippen LogP contribution in [0, 0.1) is 0 Å². The van der Waals surface area contributed by atoms with Crippen molar-refractivity contribution >= 4 is 17.5 Å². The summed E-state index contributed by atoms with van der Waals surface area (Å²) in [5.74, 6) is -0.0899. The highest BCUT2D eigenvalue weighted by atomic mass is 16.5. The van der Waals surface area contributed by atoms with Crippen LogP contribution in [0.2, 0.25) is 0 Å². The minimum absolute atomic E-state index is 0.0899. The van der Waals surface area contributed by atoms with E-state index in [2.05, 4.69) is 15.5 Å². The number of nitrogens with zero attached hydrogens (tertiary/aromatic N) is 1. The zero-order valence-corrected chi connectivity index (χ0v) is 15.8. The standard InChI is InChI=1S/C22H23N3O3/c1-15-19(21(26)17-5-3-2-4-6-17)20(24-22(27)23-15)16-7-9-18(10-8-16)25-11-13-28-14-12-25/h2-10,20H,11-14H2,1H3,(H2,23,24,27)/t20-/m0/s1. The first kappa shape index (κ1) is 18.3. The Kier molecular flexibility index (Phi) is 5.12. The van der Waals surface area contributed by atoms with Crippen LogP contribution in [0.3, 0.4) is 0 Å². The minimum Gasteiger partial charge on any atom is -0.378 e. The highest BCUT2D eigenvalue weighted by Gasteiger charge is 2.31. The van der Waals surface area contributed by atoms with Crippen molar-refractivity contribution in [1.82, 2.24) is 10.6 Å². The molecule has 2 amide bonds. The Balaban J connectivity index is 1.65. The maximum Gasteiger partial charge on any atom is 0.319 e. The van der Waals surface area contributed by atoms with E-state index in [-0.39, 0.29) is 11.8 Å². The number of urea groups is 1. The smallest absolute Gasteiger partial charge is 0.319 e. The maximum atomic E-state index is 13.1. The van der Waals surface area contributed by atoms with Gasteiger partial charge in [-0.25, -0.2) is 4.79 Å². The topological polar surface area (TPSA) is 70.7 Å². The fraction of sp³-hybridized carbons (Fsp3) is 0.273. The normalized spacial score (nSPS) is 19.8. The number of Topliss-reactive ketones (excluding diaryl/α,β-unsaturated/α-hetero) is 1. The molecule has 0 unspecified atom stereocenters. The number of morpholine rings is 1. The van der Waals surface area contributed by atoms with Crippen molar-refractivity contribution in [1.29, 1.82) is 0 Å². The number of rotatable bonds is 4. The fourth-order valence-corrected chi connectivity index (χ4v) is 3.69. The largest absolute Gasteiger partial charge is 0.378 e. The van der Waals surface area contributed by atoms with Crippen molar-refractivity contribution in [2.75, 3.05) is 31.2 Å². The summed E-state index contributed by atoms with van der Waals surface area (Å²) in [6.45, 7) is 4.94. The molecule has 0 bridgehead atoms. The van der Waals surface area contributed by atoms with Crippen LogP contribution in [0.25, 0.3) is 0 Å². The van der Waals surface area contributed by atoms with Crippen LogP contribution in [0.5, 0.6) is 0 Å². The predicted molar refractivity (Wildman–Crippen MR) is 107 cm³/mol. The lowest BCUT2D eigenvalue weighted by Crippen LogP contribution is -2.45. The van der Waals surface area contributed by atoms with Crippen LogP contribution in [0.4, 0.5) is 10.5 Å². The molecule has 2 aromatic carbocycles. The summed E-state index contributed by atoms with van der Waals surface area (Å²) in [5, 5.41) is 5.63. The van der Waals surface area contributed by atoms with Gasteiger partial charge in [0.1, 0.15) is 0 Å².